The average molecular weight is 372 g/mol. The number of rotatable bonds is 6. The molecule has 2 aromatic rings. The van der Waals surface area contributed by atoms with Crippen LogP contribution in [-0.4, -0.2) is 11.8 Å². The van der Waals surface area contributed by atoms with E-state index in [0.29, 0.717) is 12.8 Å². The minimum atomic E-state index is -1.29. The van der Waals surface area contributed by atoms with Gasteiger partial charge in [-0.3, -0.25) is 9.59 Å². The molecule has 4 nitrogen and oxygen atoms in total. The highest BCUT2D eigenvalue weighted by atomic mass is 19.1. The maximum Gasteiger partial charge on any atom is 0.240 e. The minimum Gasteiger partial charge on any atom is -0.325 e. The van der Waals surface area contributed by atoms with Crippen molar-refractivity contribution >= 4 is 23.2 Å². The zero-order chi connectivity index (χ0) is 19.6. The normalized spacial score (nSPS) is 14.5. The molecule has 142 valence electrons. The first-order valence-corrected chi connectivity index (χ1v) is 9.10. The lowest BCUT2D eigenvalue weighted by Gasteiger charge is -2.19. The molecule has 1 saturated carbocycles. The van der Waals surface area contributed by atoms with Crippen LogP contribution in [0.3, 0.4) is 0 Å². The Balaban J connectivity index is 1.82. The number of amides is 2. The molecule has 0 radical (unpaired) electrons. The first-order valence-electron chi connectivity index (χ1n) is 9.10. The van der Waals surface area contributed by atoms with Gasteiger partial charge in [-0.05, 0) is 48.9 Å². The third kappa shape index (κ3) is 3.56. The summed E-state index contributed by atoms with van der Waals surface area (Å²) in [6.45, 7) is 3.98. The molecule has 0 atom stereocenters. The van der Waals surface area contributed by atoms with Crippen molar-refractivity contribution in [3.63, 3.8) is 0 Å². The van der Waals surface area contributed by atoms with Crippen molar-refractivity contribution in [1.29, 1.82) is 0 Å². The van der Waals surface area contributed by atoms with Gasteiger partial charge in [-0.15, -0.1) is 0 Å². The van der Waals surface area contributed by atoms with E-state index in [9.17, 15) is 18.4 Å². The maximum absolute atomic E-state index is 13.8. The molecule has 0 unspecified atom stereocenters. The van der Waals surface area contributed by atoms with Crippen LogP contribution in [0.2, 0.25) is 0 Å². The number of aryl methyl sites for hydroxylation is 2. The fourth-order valence-corrected chi connectivity index (χ4v) is 3.17. The molecule has 0 heterocycles. The molecule has 0 spiro atoms. The van der Waals surface area contributed by atoms with Crippen molar-refractivity contribution in [2.24, 2.45) is 5.41 Å². The van der Waals surface area contributed by atoms with Crippen LogP contribution in [0.1, 0.15) is 37.8 Å². The van der Waals surface area contributed by atoms with Crippen molar-refractivity contribution in [2.75, 3.05) is 10.6 Å². The number of carbonyl (C=O) groups excluding carboxylic acids is 2. The van der Waals surface area contributed by atoms with Gasteiger partial charge in [0.05, 0.1) is 0 Å². The largest absolute Gasteiger partial charge is 0.325 e. The Kier molecular flexibility index (Phi) is 5.26. The van der Waals surface area contributed by atoms with Gasteiger partial charge >= 0.3 is 0 Å². The van der Waals surface area contributed by atoms with Crippen molar-refractivity contribution in [3.8, 4) is 0 Å². The third-order valence-corrected chi connectivity index (χ3v) is 5.06. The van der Waals surface area contributed by atoms with Crippen LogP contribution in [0, 0.1) is 17.0 Å². The average Bonchev–Trinajstić information content (AvgIpc) is 3.47. The molecule has 0 aromatic heterocycles. The zero-order valence-electron chi connectivity index (χ0n) is 15.4. The monoisotopic (exact) mass is 372 g/mol. The molecule has 0 aliphatic heterocycles. The molecule has 6 heteroatoms. The summed E-state index contributed by atoms with van der Waals surface area (Å²) < 4.78 is 27.6. The van der Waals surface area contributed by atoms with Crippen LogP contribution in [0.25, 0.3) is 0 Å². The van der Waals surface area contributed by atoms with E-state index in [2.05, 4.69) is 10.6 Å². The van der Waals surface area contributed by atoms with Gasteiger partial charge < -0.3 is 10.6 Å². The highest BCUT2D eigenvalue weighted by Gasteiger charge is 2.57. The second-order valence-corrected chi connectivity index (χ2v) is 6.75. The van der Waals surface area contributed by atoms with E-state index in [-0.39, 0.29) is 0 Å². The van der Waals surface area contributed by atoms with Gasteiger partial charge in [0, 0.05) is 5.69 Å². The number of para-hydroxylation sites is 2. The van der Waals surface area contributed by atoms with E-state index in [4.69, 9.17) is 0 Å². The second kappa shape index (κ2) is 7.47. The van der Waals surface area contributed by atoms with E-state index in [1.165, 1.54) is 6.07 Å². The number of anilines is 2. The molecular formula is C21H22F2N2O2. The fourth-order valence-electron chi connectivity index (χ4n) is 3.17. The summed E-state index contributed by atoms with van der Waals surface area (Å²) in [4.78, 5) is 25.5. The van der Waals surface area contributed by atoms with Crippen molar-refractivity contribution < 1.29 is 18.4 Å². The topological polar surface area (TPSA) is 58.2 Å². The Bertz CT molecular complexity index is 849. The van der Waals surface area contributed by atoms with E-state index in [1.54, 1.807) is 0 Å². The predicted molar refractivity (Wildman–Crippen MR) is 100 cm³/mol. The van der Waals surface area contributed by atoms with Gasteiger partial charge in [-0.1, -0.05) is 38.1 Å². The first kappa shape index (κ1) is 19.0. The summed E-state index contributed by atoms with van der Waals surface area (Å²) in [5.41, 5.74) is 0.882. The lowest BCUT2D eigenvalue weighted by molar-refractivity contribution is -0.131. The zero-order valence-corrected chi connectivity index (χ0v) is 15.4. The standard InChI is InChI=1S/C21H22F2N2O2/c1-3-13-7-5-8-14(4-2)17(13)24-19(26)21(11-12-21)20(27)25-18-15(22)9-6-10-16(18)23/h5-10H,3-4,11-12H2,1-2H3,(H,24,26)(H,25,27). The molecule has 27 heavy (non-hydrogen) atoms. The van der Waals surface area contributed by atoms with Crippen LogP contribution in [0.15, 0.2) is 36.4 Å². The number of nitrogens with one attached hydrogen (secondary N) is 2. The first-order chi connectivity index (χ1) is 12.9. The van der Waals surface area contributed by atoms with Crippen molar-refractivity contribution in [3.05, 3.63) is 59.2 Å². The van der Waals surface area contributed by atoms with Gasteiger partial charge in [0.1, 0.15) is 22.7 Å². The van der Waals surface area contributed by atoms with Crippen molar-refractivity contribution in [2.45, 2.75) is 39.5 Å². The quantitative estimate of drug-likeness (QED) is 0.736. The summed E-state index contributed by atoms with van der Waals surface area (Å²) in [5, 5.41) is 5.15. The van der Waals surface area contributed by atoms with Crippen molar-refractivity contribution in [1.82, 2.24) is 0 Å². The lowest BCUT2D eigenvalue weighted by atomic mass is 10.0. The second-order valence-electron chi connectivity index (χ2n) is 6.75. The molecule has 3 rings (SSSR count). The molecule has 1 aliphatic rings. The molecule has 1 fully saturated rings. The van der Waals surface area contributed by atoms with Crippen LogP contribution in [-0.2, 0) is 22.4 Å². The summed E-state index contributed by atoms with van der Waals surface area (Å²) in [6.07, 6.45) is 2.17. The van der Waals surface area contributed by atoms with Gasteiger partial charge in [0.15, 0.2) is 0 Å². The Morgan fingerprint density at radius 2 is 1.30 bits per heavy atom. The molecule has 2 N–H and O–H groups in total. The highest BCUT2D eigenvalue weighted by molar-refractivity contribution is 6.17. The third-order valence-electron chi connectivity index (χ3n) is 5.06. The number of hydrogen-bond donors (Lipinski definition) is 2. The number of hydrogen-bond acceptors (Lipinski definition) is 2. The SMILES string of the molecule is CCc1cccc(CC)c1NC(=O)C1(C(=O)Nc2c(F)cccc2F)CC1. The number of benzene rings is 2. The predicted octanol–water partition coefficient (Wildman–Crippen LogP) is 4.45. The Morgan fingerprint density at radius 3 is 1.74 bits per heavy atom. The summed E-state index contributed by atoms with van der Waals surface area (Å²) in [5.74, 6) is -2.86. The minimum absolute atomic E-state index is 0.344. The molecule has 2 aromatic carbocycles. The molecular weight excluding hydrogens is 350 g/mol. The van der Waals surface area contributed by atoms with Crippen LogP contribution >= 0.6 is 0 Å². The van der Waals surface area contributed by atoms with Gasteiger partial charge in [0.25, 0.3) is 0 Å². The smallest absolute Gasteiger partial charge is 0.240 e. The maximum atomic E-state index is 13.8. The van der Waals surface area contributed by atoms with Crippen LogP contribution in [0.5, 0.6) is 0 Å². The van der Waals surface area contributed by atoms with Crippen LogP contribution < -0.4 is 10.6 Å². The number of carbonyl (C=O) groups is 2. The summed E-state index contributed by atoms with van der Waals surface area (Å²) in [6, 6.07) is 9.14. The summed E-state index contributed by atoms with van der Waals surface area (Å²) >= 11 is 0. The van der Waals surface area contributed by atoms with E-state index < -0.39 is 34.6 Å². The van der Waals surface area contributed by atoms with Gasteiger partial charge in [-0.2, -0.15) is 0 Å². The number of halogens is 2. The van der Waals surface area contributed by atoms with Crippen LogP contribution in [0.4, 0.5) is 20.2 Å². The lowest BCUT2D eigenvalue weighted by Crippen LogP contribution is -2.36. The van der Waals surface area contributed by atoms with Gasteiger partial charge in [0.2, 0.25) is 11.8 Å². The van der Waals surface area contributed by atoms with E-state index >= 15 is 0 Å². The fraction of sp³-hybridized carbons (Fsp3) is 0.333. The molecule has 0 bridgehead atoms. The molecule has 2 amide bonds. The Morgan fingerprint density at radius 1 is 0.852 bits per heavy atom. The van der Waals surface area contributed by atoms with E-state index in [0.717, 1.165) is 41.8 Å². The molecule has 0 saturated heterocycles. The Labute approximate surface area is 157 Å². The summed E-state index contributed by atoms with van der Waals surface area (Å²) in [7, 11) is 0. The molecule has 1 aliphatic carbocycles. The highest BCUT2D eigenvalue weighted by Crippen LogP contribution is 2.48. The van der Waals surface area contributed by atoms with E-state index in [1.807, 2.05) is 32.0 Å². The Hall–Kier alpha value is -2.76. The van der Waals surface area contributed by atoms with Gasteiger partial charge in [-0.25, -0.2) is 8.78 Å².